The van der Waals surface area contributed by atoms with E-state index in [9.17, 15) is 14.4 Å². The number of carboxylic acid groups (broad SMARTS) is 2. The van der Waals surface area contributed by atoms with Crippen LogP contribution in [0.15, 0.2) is 29.8 Å². The molecule has 0 bridgehead atoms. The van der Waals surface area contributed by atoms with Gasteiger partial charge in [0, 0.05) is 11.6 Å². The fourth-order valence-corrected chi connectivity index (χ4v) is 2.03. The summed E-state index contributed by atoms with van der Waals surface area (Å²) in [6, 6.07) is 3.24. The number of nitrogens with one attached hydrogen (secondary N) is 1. The minimum absolute atomic E-state index is 0.167. The molecule has 0 saturated heterocycles. The Morgan fingerprint density at radius 2 is 1.85 bits per heavy atom. The van der Waals surface area contributed by atoms with Crippen molar-refractivity contribution in [3.8, 4) is 0 Å². The molecule has 1 heterocycles. The fraction of sp³-hybridized carbons (Fsp3) is 0. The molecule has 102 valence electrons. The molecule has 20 heavy (non-hydrogen) atoms. The summed E-state index contributed by atoms with van der Waals surface area (Å²) in [4.78, 5) is 37.8. The van der Waals surface area contributed by atoms with Gasteiger partial charge in [0.2, 0.25) is 0 Å². The summed E-state index contributed by atoms with van der Waals surface area (Å²) in [5, 5.41) is 22.3. The third kappa shape index (κ3) is 2.81. The van der Waals surface area contributed by atoms with Crippen LogP contribution in [-0.2, 0) is 0 Å². The van der Waals surface area contributed by atoms with E-state index in [1.54, 1.807) is 5.38 Å². The summed E-state index contributed by atoms with van der Waals surface area (Å²) in [6.45, 7) is 0. The monoisotopic (exact) mass is 292 g/mol. The summed E-state index contributed by atoms with van der Waals surface area (Å²) >= 11 is 1.16. The second-order valence-corrected chi connectivity index (χ2v) is 4.56. The van der Waals surface area contributed by atoms with Crippen LogP contribution in [0.4, 0.5) is 5.13 Å². The average molecular weight is 292 g/mol. The number of amides is 1. The minimum Gasteiger partial charge on any atom is -0.478 e. The van der Waals surface area contributed by atoms with Crippen molar-refractivity contribution in [3.63, 3.8) is 0 Å². The van der Waals surface area contributed by atoms with Crippen LogP contribution in [0.2, 0.25) is 0 Å². The number of rotatable bonds is 4. The Labute approximate surface area is 116 Å². The van der Waals surface area contributed by atoms with E-state index in [1.165, 1.54) is 6.20 Å². The van der Waals surface area contributed by atoms with E-state index >= 15 is 0 Å². The molecular weight excluding hydrogens is 284 g/mol. The summed E-state index contributed by atoms with van der Waals surface area (Å²) in [6.07, 6.45) is 1.48. The standard InChI is InChI=1S/C12H8N2O5S/c15-9(14-12-13-3-4-20-12)8-5-6(10(16)17)1-2-7(8)11(18)19/h1-5H,(H,16,17)(H,18,19)(H,13,14,15). The number of aromatic carboxylic acids is 2. The lowest BCUT2D eigenvalue weighted by Gasteiger charge is -2.07. The SMILES string of the molecule is O=C(O)c1ccc(C(=O)O)c(C(=O)Nc2nccs2)c1. The molecule has 0 aliphatic carbocycles. The zero-order chi connectivity index (χ0) is 14.7. The zero-order valence-corrected chi connectivity index (χ0v) is 10.7. The third-order valence-corrected chi connectivity index (χ3v) is 3.08. The normalized spacial score (nSPS) is 10.0. The zero-order valence-electron chi connectivity index (χ0n) is 9.86. The Kier molecular flexibility index (Phi) is 3.76. The van der Waals surface area contributed by atoms with Crippen LogP contribution in [0, 0.1) is 0 Å². The molecule has 3 N–H and O–H groups in total. The minimum atomic E-state index is -1.31. The number of carbonyl (C=O) groups excluding carboxylic acids is 1. The van der Waals surface area contributed by atoms with Crippen LogP contribution < -0.4 is 5.32 Å². The van der Waals surface area contributed by atoms with Gasteiger partial charge in [0.15, 0.2) is 5.13 Å². The number of carboxylic acids is 2. The lowest BCUT2D eigenvalue weighted by Crippen LogP contribution is -2.17. The van der Waals surface area contributed by atoms with Gasteiger partial charge in [-0.1, -0.05) is 0 Å². The first-order valence-corrected chi connectivity index (χ1v) is 6.18. The maximum absolute atomic E-state index is 12.0. The van der Waals surface area contributed by atoms with Crippen LogP contribution in [0.1, 0.15) is 31.1 Å². The third-order valence-electron chi connectivity index (χ3n) is 2.39. The molecule has 0 aliphatic heterocycles. The van der Waals surface area contributed by atoms with Gasteiger partial charge in [0.25, 0.3) is 5.91 Å². The fourth-order valence-electron chi connectivity index (χ4n) is 1.50. The molecule has 1 aromatic heterocycles. The molecule has 7 nitrogen and oxygen atoms in total. The van der Waals surface area contributed by atoms with Gasteiger partial charge < -0.3 is 10.2 Å². The van der Waals surface area contributed by atoms with Crippen molar-refractivity contribution in [2.75, 3.05) is 5.32 Å². The molecule has 1 aromatic carbocycles. The number of thiazole rings is 1. The van der Waals surface area contributed by atoms with Gasteiger partial charge in [-0.25, -0.2) is 14.6 Å². The van der Waals surface area contributed by atoms with Crippen molar-refractivity contribution in [1.29, 1.82) is 0 Å². The molecule has 2 aromatic rings. The molecule has 2 rings (SSSR count). The molecule has 0 unspecified atom stereocenters. The number of aromatic nitrogens is 1. The highest BCUT2D eigenvalue weighted by atomic mass is 32.1. The second kappa shape index (κ2) is 5.49. The number of anilines is 1. The maximum Gasteiger partial charge on any atom is 0.336 e. The molecule has 1 amide bonds. The number of benzene rings is 1. The van der Waals surface area contributed by atoms with E-state index in [2.05, 4.69) is 10.3 Å². The molecule has 0 fully saturated rings. The summed E-state index contributed by atoms with van der Waals surface area (Å²) in [5.41, 5.74) is -0.670. The van der Waals surface area contributed by atoms with E-state index in [0.29, 0.717) is 5.13 Å². The second-order valence-electron chi connectivity index (χ2n) is 3.66. The number of carbonyl (C=O) groups is 3. The van der Waals surface area contributed by atoms with Crippen LogP contribution in [0.5, 0.6) is 0 Å². The van der Waals surface area contributed by atoms with Gasteiger partial charge in [-0.2, -0.15) is 0 Å². The van der Waals surface area contributed by atoms with Gasteiger partial charge in [-0.3, -0.25) is 10.1 Å². The van der Waals surface area contributed by atoms with Crippen molar-refractivity contribution < 1.29 is 24.6 Å². The lowest BCUT2D eigenvalue weighted by atomic mass is 10.0. The summed E-state index contributed by atoms with van der Waals surface area (Å²) < 4.78 is 0. The van der Waals surface area contributed by atoms with Crippen LogP contribution >= 0.6 is 11.3 Å². The Balaban J connectivity index is 2.41. The van der Waals surface area contributed by atoms with E-state index < -0.39 is 17.8 Å². The van der Waals surface area contributed by atoms with Gasteiger partial charge in [0.05, 0.1) is 16.7 Å². The molecule has 0 atom stereocenters. The smallest absolute Gasteiger partial charge is 0.336 e. The number of hydrogen-bond donors (Lipinski definition) is 3. The average Bonchev–Trinajstić information content (AvgIpc) is 2.90. The summed E-state index contributed by atoms with van der Waals surface area (Å²) in [7, 11) is 0. The van der Waals surface area contributed by atoms with E-state index in [0.717, 1.165) is 29.5 Å². The molecule has 0 radical (unpaired) electrons. The van der Waals surface area contributed by atoms with Gasteiger partial charge in [0.1, 0.15) is 0 Å². The van der Waals surface area contributed by atoms with Crippen LogP contribution in [0.25, 0.3) is 0 Å². The van der Waals surface area contributed by atoms with E-state index in [4.69, 9.17) is 10.2 Å². The first-order valence-electron chi connectivity index (χ1n) is 5.30. The quantitative estimate of drug-likeness (QED) is 0.791. The Hall–Kier alpha value is -2.74. The Morgan fingerprint density at radius 1 is 1.10 bits per heavy atom. The van der Waals surface area contributed by atoms with Crippen LogP contribution in [-0.4, -0.2) is 33.0 Å². The topological polar surface area (TPSA) is 117 Å². The molecule has 8 heteroatoms. The predicted octanol–water partition coefficient (Wildman–Crippen LogP) is 1.79. The highest BCUT2D eigenvalue weighted by molar-refractivity contribution is 7.13. The number of nitrogens with zero attached hydrogens (tertiary/aromatic N) is 1. The van der Waals surface area contributed by atoms with E-state index in [1.807, 2.05) is 0 Å². The van der Waals surface area contributed by atoms with Gasteiger partial charge in [-0.15, -0.1) is 11.3 Å². The van der Waals surface area contributed by atoms with Crippen LogP contribution in [0.3, 0.4) is 0 Å². The van der Waals surface area contributed by atoms with Crippen molar-refractivity contribution in [3.05, 3.63) is 46.5 Å². The molecule has 0 saturated carbocycles. The van der Waals surface area contributed by atoms with Crippen molar-refractivity contribution in [2.24, 2.45) is 0 Å². The first-order chi connectivity index (χ1) is 9.49. The van der Waals surface area contributed by atoms with E-state index in [-0.39, 0.29) is 16.7 Å². The van der Waals surface area contributed by atoms with Crippen molar-refractivity contribution >= 4 is 34.3 Å². The largest absolute Gasteiger partial charge is 0.478 e. The van der Waals surface area contributed by atoms with Crippen molar-refractivity contribution in [1.82, 2.24) is 4.98 Å². The molecular formula is C12H8N2O5S. The Bertz CT molecular complexity index is 681. The molecule has 0 aliphatic rings. The number of hydrogen-bond acceptors (Lipinski definition) is 5. The van der Waals surface area contributed by atoms with Gasteiger partial charge >= 0.3 is 11.9 Å². The maximum atomic E-state index is 12.0. The lowest BCUT2D eigenvalue weighted by molar-refractivity contribution is 0.0679. The van der Waals surface area contributed by atoms with Gasteiger partial charge in [-0.05, 0) is 18.2 Å². The highest BCUT2D eigenvalue weighted by Gasteiger charge is 2.19. The molecule has 0 spiro atoms. The first kappa shape index (κ1) is 13.7. The summed E-state index contributed by atoms with van der Waals surface area (Å²) in [5.74, 6) is -3.28. The highest BCUT2D eigenvalue weighted by Crippen LogP contribution is 2.17. The Morgan fingerprint density at radius 3 is 2.40 bits per heavy atom. The van der Waals surface area contributed by atoms with Crippen molar-refractivity contribution in [2.45, 2.75) is 0 Å². The predicted molar refractivity (Wildman–Crippen MR) is 70.4 cm³/mol.